The molecule has 0 saturated heterocycles. The minimum Gasteiger partial charge on any atom is -0.393 e. The van der Waals surface area contributed by atoms with E-state index in [1.165, 1.54) is 0 Å². The average Bonchev–Trinajstić information content (AvgIpc) is 2.96. The molecule has 26 heavy (non-hydrogen) atoms. The second-order valence-electron chi connectivity index (χ2n) is 10.3. The van der Waals surface area contributed by atoms with E-state index in [1.807, 2.05) is 6.92 Å². The maximum absolute atomic E-state index is 12.0. The van der Waals surface area contributed by atoms with Crippen LogP contribution in [0.3, 0.4) is 0 Å². The Hall–Kier alpha value is -0.850. The number of terminal acetylenes is 1. The maximum Gasteiger partial charge on any atom is 0.133 e. The van der Waals surface area contributed by atoms with Gasteiger partial charge in [0.2, 0.25) is 0 Å². The fraction of sp³-hybridized carbons (Fsp3) is 0.870. The summed E-state index contributed by atoms with van der Waals surface area (Å²) in [5.41, 5.74) is -1.46. The summed E-state index contributed by atoms with van der Waals surface area (Å²) in [6.45, 7) is 6.37. The molecule has 0 aromatic heterocycles. The third-order valence-corrected chi connectivity index (χ3v) is 9.64. The van der Waals surface area contributed by atoms with Gasteiger partial charge in [-0.15, -0.1) is 6.42 Å². The Morgan fingerprint density at radius 1 is 1.19 bits per heavy atom. The lowest BCUT2D eigenvalue weighted by molar-refractivity contribution is -0.200. The molecule has 9 atom stereocenters. The summed E-state index contributed by atoms with van der Waals surface area (Å²) in [5, 5.41) is 22.1. The molecule has 3 nitrogen and oxygen atoms in total. The third kappa shape index (κ3) is 2.18. The van der Waals surface area contributed by atoms with Crippen LogP contribution in [0.2, 0.25) is 0 Å². The molecule has 4 rings (SSSR count). The van der Waals surface area contributed by atoms with Crippen LogP contribution in [-0.4, -0.2) is 27.7 Å². The van der Waals surface area contributed by atoms with Crippen molar-refractivity contribution in [3.63, 3.8) is 0 Å². The van der Waals surface area contributed by atoms with Crippen LogP contribution in [0.5, 0.6) is 0 Å². The summed E-state index contributed by atoms with van der Waals surface area (Å²) < 4.78 is 0. The largest absolute Gasteiger partial charge is 0.393 e. The standard InChI is InChI=1S/C23H34O3/c1-5-23(26)13-20-17(19-9-8-18(14(2)24)22(19,23)4)7-6-15-12-16(25)10-11-21(15,20)3/h1,14-15,17-20,24,26H,6-13H2,2-4H3. The zero-order chi connectivity index (χ0) is 18.9. The minimum atomic E-state index is -1.16. The number of aliphatic hydroxyl groups is 2. The molecule has 4 aliphatic carbocycles. The Kier molecular flexibility index (Phi) is 4.14. The molecule has 9 unspecified atom stereocenters. The van der Waals surface area contributed by atoms with E-state index in [0.717, 1.165) is 32.1 Å². The smallest absolute Gasteiger partial charge is 0.133 e. The quantitative estimate of drug-likeness (QED) is 0.705. The van der Waals surface area contributed by atoms with Gasteiger partial charge in [0.05, 0.1) is 6.10 Å². The molecule has 0 amide bonds. The highest BCUT2D eigenvalue weighted by atomic mass is 16.3. The van der Waals surface area contributed by atoms with Gasteiger partial charge in [0.15, 0.2) is 0 Å². The first-order valence-corrected chi connectivity index (χ1v) is 10.6. The molecule has 0 bridgehead atoms. The van der Waals surface area contributed by atoms with Crippen molar-refractivity contribution in [3.05, 3.63) is 0 Å². The van der Waals surface area contributed by atoms with Crippen LogP contribution < -0.4 is 0 Å². The van der Waals surface area contributed by atoms with E-state index >= 15 is 0 Å². The highest BCUT2D eigenvalue weighted by Gasteiger charge is 2.68. The molecule has 2 N–H and O–H groups in total. The molecule has 0 aliphatic heterocycles. The third-order valence-electron chi connectivity index (χ3n) is 9.64. The van der Waals surface area contributed by atoms with Gasteiger partial charge in [0, 0.05) is 18.3 Å². The SMILES string of the molecule is C#CC1(O)CC2C(CCC3CC(=O)CCC32C)C2CCC(C(C)O)C21C. The Balaban J connectivity index is 1.76. The van der Waals surface area contributed by atoms with Gasteiger partial charge in [-0.3, -0.25) is 4.79 Å². The number of aliphatic hydroxyl groups excluding tert-OH is 1. The molecule has 144 valence electrons. The van der Waals surface area contributed by atoms with Crippen LogP contribution >= 0.6 is 0 Å². The molecule has 0 aromatic carbocycles. The summed E-state index contributed by atoms with van der Waals surface area (Å²) in [4.78, 5) is 12.0. The number of carbonyl (C=O) groups excluding carboxylic acids is 1. The number of hydrogen-bond donors (Lipinski definition) is 2. The lowest BCUT2D eigenvalue weighted by Crippen LogP contribution is -2.64. The highest BCUT2D eigenvalue weighted by molar-refractivity contribution is 5.79. The second kappa shape index (κ2) is 5.82. The van der Waals surface area contributed by atoms with Crippen LogP contribution in [0.1, 0.15) is 72.1 Å². The molecule has 0 spiro atoms. The Morgan fingerprint density at radius 2 is 1.92 bits per heavy atom. The molecular formula is C23H34O3. The van der Waals surface area contributed by atoms with E-state index in [-0.39, 0.29) is 11.3 Å². The second-order valence-corrected chi connectivity index (χ2v) is 10.3. The molecule has 0 radical (unpaired) electrons. The number of carbonyl (C=O) groups is 1. The monoisotopic (exact) mass is 358 g/mol. The summed E-state index contributed by atoms with van der Waals surface area (Å²) in [7, 11) is 0. The van der Waals surface area contributed by atoms with Crippen LogP contribution in [-0.2, 0) is 4.79 Å². The molecule has 0 heterocycles. The van der Waals surface area contributed by atoms with Crippen LogP contribution in [0, 0.1) is 52.8 Å². The fourth-order valence-electron chi connectivity index (χ4n) is 8.09. The Labute approximate surface area is 157 Å². The van der Waals surface area contributed by atoms with Crippen molar-refractivity contribution < 1.29 is 15.0 Å². The van der Waals surface area contributed by atoms with Gasteiger partial charge in [-0.1, -0.05) is 19.8 Å². The zero-order valence-corrected chi connectivity index (χ0v) is 16.5. The van der Waals surface area contributed by atoms with E-state index < -0.39 is 17.1 Å². The number of Topliss-reactive ketones (excluding diaryl/α,β-unsaturated/α-hetero) is 1. The van der Waals surface area contributed by atoms with E-state index in [1.54, 1.807) is 0 Å². The van der Waals surface area contributed by atoms with Gasteiger partial charge in [-0.05, 0) is 80.5 Å². The summed E-state index contributed by atoms with van der Waals surface area (Å²) >= 11 is 0. The van der Waals surface area contributed by atoms with Crippen molar-refractivity contribution in [3.8, 4) is 12.3 Å². The molecule has 0 aromatic rings. The van der Waals surface area contributed by atoms with Crippen molar-refractivity contribution in [2.45, 2.75) is 83.8 Å². The first-order chi connectivity index (χ1) is 12.2. The predicted octanol–water partition coefficient (Wildman–Crippen LogP) is 3.57. The number of hydrogen-bond acceptors (Lipinski definition) is 3. The van der Waals surface area contributed by atoms with Crippen LogP contribution in [0.15, 0.2) is 0 Å². The predicted molar refractivity (Wildman–Crippen MR) is 101 cm³/mol. The summed E-state index contributed by atoms with van der Waals surface area (Å²) in [5.74, 6) is 5.06. The summed E-state index contributed by atoms with van der Waals surface area (Å²) in [6.07, 6.45) is 12.8. The first-order valence-electron chi connectivity index (χ1n) is 10.6. The van der Waals surface area contributed by atoms with Crippen molar-refractivity contribution in [2.75, 3.05) is 0 Å². The average molecular weight is 359 g/mol. The molecular weight excluding hydrogens is 324 g/mol. The van der Waals surface area contributed by atoms with E-state index in [4.69, 9.17) is 6.42 Å². The van der Waals surface area contributed by atoms with Gasteiger partial charge in [-0.2, -0.15) is 0 Å². The zero-order valence-electron chi connectivity index (χ0n) is 16.5. The van der Waals surface area contributed by atoms with Gasteiger partial charge < -0.3 is 10.2 Å². The Morgan fingerprint density at radius 3 is 2.58 bits per heavy atom. The summed E-state index contributed by atoms with van der Waals surface area (Å²) in [6, 6.07) is 0. The van der Waals surface area contributed by atoms with Crippen molar-refractivity contribution in [2.24, 2.45) is 40.4 Å². The van der Waals surface area contributed by atoms with Gasteiger partial charge in [0.25, 0.3) is 0 Å². The normalized spacial score (nSPS) is 54.6. The van der Waals surface area contributed by atoms with Gasteiger partial charge in [0.1, 0.15) is 11.4 Å². The van der Waals surface area contributed by atoms with E-state index in [9.17, 15) is 15.0 Å². The van der Waals surface area contributed by atoms with Crippen LogP contribution in [0.25, 0.3) is 0 Å². The molecule has 4 aliphatic rings. The molecule has 4 fully saturated rings. The highest BCUT2D eigenvalue weighted by Crippen LogP contribution is 2.70. The van der Waals surface area contributed by atoms with E-state index in [2.05, 4.69) is 19.8 Å². The van der Waals surface area contributed by atoms with Gasteiger partial charge >= 0.3 is 0 Å². The number of rotatable bonds is 1. The lowest BCUT2D eigenvalue weighted by atomic mass is 9.41. The first kappa shape index (κ1) is 18.5. The fourth-order valence-corrected chi connectivity index (χ4v) is 8.09. The van der Waals surface area contributed by atoms with E-state index in [0.29, 0.717) is 48.7 Å². The molecule has 4 saturated carbocycles. The maximum atomic E-state index is 12.0. The van der Waals surface area contributed by atoms with Crippen LogP contribution in [0.4, 0.5) is 0 Å². The Bertz CT molecular complexity index is 648. The minimum absolute atomic E-state index is 0.0629. The number of fused-ring (bicyclic) bond motifs is 5. The number of ketones is 1. The lowest BCUT2D eigenvalue weighted by Gasteiger charge is -2.64. The van der Waals surface area contributed by atoms with Gasteiger partial charge in [-0.25, -0.2) is 0 Å². The van der Waals surface area contributed by atoms with Crippen molar-refractivity contribution in [1.29, 1.82) is 0 Å². The van der Waals surface area contributed by atoms with Crippen molar-refractivity contribution >= 4 is 5.78 Å². The van der Waals surface area contributed by atoms with Crippen molar-refractivity contribution in [1.82, 2.24) is 0 Å². The molecule has 3 heteroatoms. The topological polar surface area (TPSA) is 57.5 Å².